The van der Waals surface area contributed by atoms with Crippen molar-refractivity contribution in [3.8, 4) is 0 Å². The summed E-state index contributed by atoms with van der Waals surface area (Å²) < 4.78 is 0. The van der Waals surface area contributed by atoms with Gasteiger partial charge in [-0.2, -0.15) is 0 Å². The van der Waals surface area contributed by atoms with Gasteiger partial charge in [0.2, 0.25) is 5.91 Å². The van der Waals surface area contributed by atoms with Crippen LogP contribution in [0.5, 0.6) is 0 Å². The van der Waals surface area contributed by atoms with Gasteiger partial charge in [0.05, 0.1) is 12.5 Å². The second kappa shape index (κ2) is 6.39. The number of nitrogens with one attached hydrogen (secondary N) is 3. The molecule has 0 saturated heterocycles. The molecule has 4 aliphatic carbocycles. The first kappa shape index (κ1) is 16.3. The summed E-state index contributed by atoms with van der Waals surface area (Å²) in [7, 11) is 0. The lowest BCUT2D eigenvalue weighted by atomic mass is 10.0. The molecule has 2 unspecified atom stereocenters. The Kier molecular flexibility index (Phi) is 4.02. The Bertz CT molecular complexity index is 670. The molecule has 140 valence electrons. The molecule has 2 amide bonds. The summed E-state index contributed by atoms with van der Waals surface area (Å²) in [5.41, 5.74) is 0.525. The fourth-order valence-electron chi connectivity index (χ4n) is 5.63. The van der Waals surface area contributed by atoms with Gasteiger partial charge >= 0.3 is 0 Å². The first-order valence-electron chi connectivity index (χ1n) is 10.2. The first-order chi connectivity index (χ1) is 12.7. The van der Waals surface area contributed by atoms with Gasteiger partial charge < -0.3 is 15.6 Å². The van der Waals surface area contributed by atoms with Crippen LogP contribution < -0.4 is 10.6 Å². The molecule has 0 radical (unpaired) electrons. The van der Waals surface area contributed by atoms with Gasteiger partial charge in [-0.25, -0.2) is 4.98 Å². The number of hydrogen-bond donors (Lipinski definition) is 3. The Morgan fingerprint density at radius 3 is 2.31 bits per heavy atom. The molecule has 1 aromatic heterocycles. The van der Waals surface area contributed by atoms with E-state index in [0.29, 0.717) is 29.5 Å². The number of carbonyl (C=O) groups is 2. The normalized spacial score (nSPS) is 38.0. The molecule has 26 heavy (non-hydrogen) atoms. The van der Waals surface area contributed by atoms with Crippen LogP contribution in [0.15, 0.2) is 12.5 Å². The average Bonchev–Trinajstić information content (AvgIpc) is 3.41. The van der Waals surface area contributed by atoms with Gasteiger partial charge in [-0.1, -0.05) is 0 Å². The molecular formula is C20H28N4O2. The van der Waals surface area contributed by atoms with Crippen molar-refractivity contribution in [2.45, 2.75) is 63.5 Å². The molecule has 4 saturated carbocycles. The number of hydrogen-bond acceptors (Lipinski definition) is 3. The summed E-state index contributed by atoms with van der Waals surface area (Å²) in [5.74, 6) is 3.96. The first-order valence-corrected chi connectivity index (χ1v) is 10.2. The van der Waals surface area contributed by atoms with E-state index < -0.39 is 0 Å². The lowest BCUT2D eigenvalue weighted by Crippen LogP contribution is -2.36. The van der Waals surface area contributed by atoms with E-state index in [1.807, 2.05) is 0 Å². The van der Waals surface area contributed by atoms with Crippen molar-refractivity contribution in [3.05, 3.63) is 18.2 Å². The third kappa shape index (κ3) is 3.38. The van der Waals surface area contributed by atoms with Crippen molar-refractivity contribution in [2.24, 2.45) is 29.6 Å². The fourth-order valence-corrected chi connectivity index (χ4v) is 5.63. The van der Waals surface area contributed by atoms with Gasteiger partial charge in [0.15, 0.2) is 0 Å². The summed E-state index contributed by atoms with van der Waals surface area (Å²) in [6.45, 7) is 0. The van der Waals surface area contributed by atoms with Crippen LogP contribution in [0.25, 0.3) is 0 Å². The molecule has 5 rings (SSSR count). The predicted molar refractivity (Wildman–Crippen MR) is 96.2 cm³/mol. The van der Waals surface area contributed by atoms with Gasteiger partial charge in [-0.05, 0) is 74.5 Å². The van der Waals surface area contributed by atoms with E-state index in [2.05, 4.69) is 20.6 Å². The Labute approximate surface area is 153 Å². The quantitative estimate of drug-likeness (QED) is 0.731. The summed E-state index contributed by atoms with van der Waals surface area (Å²) in [6.07, 6.45) is 12.1. The van der Waals surface area contributed by atoms with Crippen LogP contribution in [0.3, 0.4) is 0 Å². The van der Waals surface area contributed by atoms with E-state index in [4.69, 9.17) is 0 Å². The monoisotopic (exact) mass is 356 g/mol. The summed E-state index contributed by atoms with van der Waals surface area (Å²) in [6, 6.07) is 0.600. The predicted octanol–water partition coefficient (Wildman–Crippen LogP) is 2.25. The molecule has 1 heterocycles. The zero-order valence-electron chi connectivity index (χ0n) is 15.1. The molecular weight excluding hydrogens is 328 g/mol. The number of nitrogens with zero attached hydrogens (tertiary/aromatic N) is 1. The van der Waals surface area contributed by atoms with Crippen LogP contribution in [0, 0.1) is 29.6 Å². The second-order valence-corrected chi connectivity index (χ2v) is 9.06. The van der Waals surface area contributed by atoms with E-state index in [0.717, 1.165) is 43.9 Å². The largest absolute Gasteiger partial charge is 0.353 e. The number of carbonyl (C=O) groups excluding carboxylic acids is 2. The molecule has 6 heteroatoms. The molecule has 6 atom stereocenters. The summed E-state index contributed by atoms with van der Waals surface area (Å²) in [5, 5.41) is 6.42. The number of aromatic nitrogens is 2. The third-order valence-electron chi connectivity index (χ3n) is 7.11. The lowest BCUT2D eigenvalue weighted by molar-refractivity contribution is -0.122. The number of amides is 2. The molecule has 3 N–H and O–H groups in total. The van der Waals surface area contributed by atoms with Gasteiger partial charge in [0, 0.05) is 18.5 Å². The molecule has 0 spiro atoms. The van der Waals surface area contributed by atoms with Gasteiger partial charge in [0.1, 0.15) is 5.69 Å². The third-order valence-corrected chi connectivity index (χ3v) is 7.11. The number of imidazole rings is 1. The highest BCUT2D eigenvalue weighted by molar-refractivity contribution is 5.92. The number of fused-ring (bicyclic) bond motifs is 1. The van der Waals surface area contributed by atoms with Crippen molar-refractivity contribution in [1.29, 1.82) is 0 Å². The van der Waals surface area contributed by atoms with Crippen LogP contribution in [0.1, 0.15) is 61.9 Å². The molecule has 0 bridgehead atoms. The van der Waals surface area contributed by atoms with E-state index in [9.17, 15) is 9.59 Å². The Morgan fingerprint density at radius 1 is 1.00 bits per heavy atom. The van der Waals surface area contributed by atoms with E-state index >= 15 is 0 Å². The van der Waals surface area contributed by atoms with Crippen LogP contribution >= 0.6 is 0 Å². The fraction of sp³-hybridized carbons (Fsp3) is 0.750. The molecule has 0 aromatic carbocycles. The van der Waals surface area contributed by atoms with Crippen LogP contribution in [0.4, 0.5) is 0 Å². The number of aromatic amines is 1. The number of rotatable bonds is 6. The highest BCUT2D eigenvalue weighted by Gasteiger charge is 2.48. The minimum absolute atomic E-state index is 0.0630. The van der Waals surface area contributed by atoms with Crippen molar-refractivity contribution in [2.75, 3.05) is 0 Å². The summed E-state index contributed by atoms with van der Waals surface area (Å²) >= 11 is 0. The Balaban J connectivity index is 1.05. The van der Waals surface area contributed by atoms with Crippen molar-refractivity contribution in [3.63, 3.8) is 0 Å². The lowest BCUT2D eigenvalue weighted by Gasteiger charge is -2.17. The number of H-pyrrole nitrogens is 1. The maximum Gasteiger partial charge on any atom is 0.269 e. The molecule has 1 aromatic rings. The second-order valence-electron chi connectivity index (χ2n) is 9.06. The summed E-state index contributed by atoms with van der Waals surface area (Å²) in [4.78, 5) is 31.2. The maximum atomic E-state index is 12.3. The molecule has 4 aliphatic rings. The Hall–Kier alpha value is -1.85. The van der Waals surface area contributed by atoms with Gasteiger partial charge in [-0.3, -0.25) is 9.59 Å². The van der Waals surface area contributed by atoms with Crippen LogP contribution in [-0.2, 0) is 4.79 Å². The highest BCUT2D eigenvalue weighted by Crippen LogP contribution is 2.55. The van der Waals surface area contributed by atoms with E-state index in [1.165, 1.54) is 25.6 Å². The zero-order valence-corrected chi connectivity index (χ0v) is 15.1. The standard InChI is InChI=1S/C20H28N4O2/c25-19(8-14-7-17(14)11-1-2-11)23-15-3-12-5-16(6-13(12)4-15)24-20(26)18-9-21-10-22-18/h9-17H,1-8H2,(H,21,22)(H,23,25)(H,24,26)/t12-,13+,14-,15?,16?,17-/m0/s1. The van der Waals surface area contributed by atoms with Gasteiger partial charge in [-0.15, -0.1) is 0 Å². The van der Waals surface area contributed by atoms with Crippen LogP contribution in [0.2, 0.25) is 0 Å². The smallest absolute Gasteiger partial charge is 0.269 e. The van der Waals surface area contributed by atoms with E-state index in [1.54, 1.807) is 6.20 Å². The minimum Gasteiger partial charge on any atom is -0.353 e. The molecule has 6 nitrogen and oxygen atoms in total. The highest BCUT2D eigenvalue weighted by atomic mass is 16.2. The van der Waals surface area contributed by atoms with Crippen molar-refractivity contribution < 1.29 is 9.59 Å². The zero-order chi connectivity index (χ0) is 17.7. The van der Waals surface area contributed by atoms with Gasteiger partial charge in [0.25, 0.3) is 5.91 Å². The minimum atomic E-state index is -0.0630. The Morgan fingerprint density at radius 2 is 1.69 bits per heavy atom. The molecule has 0 aliphatic heterocycles. The van der Waals surface area contributed by atoms with Crippen molar-refractivity contribution >= 4 is 11.8 Å². The maximum absolute atomic E-state index is 12.3. The SMILES string of the molecule is O=C(C[C@@H]1C[C@H]1C1CC1)NC1C[C@@H]2CC(NC(=O)c3cnc[nH]3)C[C@@H]2C1. The van der Waals surface area contributed by atoms with E-state index in [-0.39, 0.29) is 17.9 Å². The topological polar surface area (TPSA) is 86.9 Å². The molecule has 4 fully saturated rings. The average molecular weight is 356 g/mol. The van der Waals surface area contributed by atoms with Crippen LogP contribution in [-0.4, -0.2) is 33.9 Å². The van der Waals surface area contributed by atoms with Crippen molar-refractivity contribution in [1.82, 2.24) is 20.6 Å².